The van der Waals surface area contributed by atoms with Crippen molar-refractivity contribution in [2.75, 3.05) is 6.54 Å². The fourth-order valence-electron chi connectivity index (χ4n) is 3.69. The van der Waals surface area contributed by atoms with E-state index in [4.69, 9.17) is 4.74 Å². The Morgan fingerprint density at radius 2 is 1.78 bits per heavy atom. The summed E-state index contributed by atoms with van der Waals surface area (Å²) in [5.74, 6) is -1.17. The molecule has 12 heteroatoms. The average molecular weight is 514 g/mol. The molecule has 3 aromatic rings. The molecule has 2 aromatic carbocycles. The molecule has 192 valence electrons. The minimum atomic E-state index is -4.79. The number of ketones is 1. The van der Waals surface area contributed by atoms with Gasteiger partial charge in [0, 0.05) is 12.0 Å². The summed E-state index contributed by atoms with van der Waals surface area (Å²) in [5, 5.41) is 2.66. The number of hydrogen-bond acceptors (Lipinski definition) is 7. The second-order valence-electron chi connectivity index (χ2n) is 8.11. The van der Waals surface area contributed by atoms with Crippen LogP contribution in [-0.4, -0.2) is 51.6 Å². The van der Waals surface area contributed by atoms with Crippen LogP contribution in [0.3, 0.4) is 0 Å². The molecule has 1 atom stereocenters. The molecule has 0 aliphatic carbocycles. The molecule has 0 radical (unpaired) electrons. The number of alkyl halides is 3. The largest absolute Gasteiger partial charge is 0.573 e. The van der Waals surface area contributed by atoms with E-state index in [0.29, 0.717) is 17.0 Å². The molecule has 1 aromatic heterocycles. The first-order valence-electron chi connectivity index (χ1n) is 11.1. The van der Waals surface area contributed by atoms with Gasteiger partial charge in [-0.15, -0.1) is 13.2 Å². The van der Waals surface area contributed by atoms with Gasteiger partial charge < -0.3 is 14.8 Å². The molecule has 1 saturated heterocycles. The fourth-order valence-corrected chi connectivity index (χ4v) is 3.69. The number of nitrogens with zero attached hydrogens (tertiary/aromatic N) is 3. The Bertz CT molecular complexity index is 1270. The van der Waals surface area contributed by atoms with Crippen molar-refractivity contribution in [1.29, 1.82) is 0 Å². The monoisotopic (exact) mass is 514 g/mol. The fraction of sp³-hybridized carbons (Fsp3) is 0.240. The predicted octanol–water partition coefficient (Wildman–Crippen LogP) is 3.64. The number of ether oxygens (including phenoxy) is 2. The van der Waals surface area contributed by atoms with E-state index in [1.807, 2.05) is 6.07 Å². The molecule has 1 fully saturated rings. The minimum Gasteiger partial charge on any atom is -0.445 e. The van der Waals surface area contributed by atoms with Crippen LogP contribution in [0.2, 0.25) is 0 Å². The molecular formula is C25H21F3N4O5. The molecule has 1 aliphatic rings. The molecule has 0 unspecified atom stereocenters. The van der Waals surface area contributed by atoms with E-state index < -0.39 is 24.4 Å². The van der Waals surface area contributed by atoms with Crippen molar-refractivity contribution < 1.29 is 37.0 Å². The lowest BCUT2D eigenvalue weighted by Crippen LogP contribution is -2.46. The van der Waals surface area contributed by atoms with Gasteiger partial charge in [-0.3, -0.25) is 14.5 Å². The number of amides is 2. The number of rotatable bonds is 7. The first kappa shape index (κ1) is 25.6. The lowest BCUT2D eigenvalue weighted by molar-refractivity contribution is -0.274. The highest BCUT2D eigenvalue weighted by atomic mass is 19.4. The quantitative estimate of drug-likeness (QED) is 0.513. The summed E-state index contributed by atoms with van der Waals surface area (Å²) >= 11 is 0. The third-order valence-electron chi connectivity index (χ3n) is 5.44. The number of carbonyl (C=O) groups excluding carboxylic acids is 3. The lowest BCUT2D eigenvalue weighted by atomic mass is 10.1. The third-order valence-corrected chi connectivity index (χ3v) is 5.44. The molecule has 0 saturated carbocycles. The number of nitrogens with one attached hydrogen (secondary N) is 1. The predicted molar refractivity (Wildman–Crippen MR) is 123 cm³/mol. The van der Waals surface area contributed by atoms with Crippen molar-refractivity contribution in [2.45, 2.75) is 32.0 Å². The van der Waals surface area contributed by atoms with Crippen LogP contribution < -0.4 is 10.1 Å². The van der Waals surface area contributed by atoms with Gasteiger partial charge in [0.2, 0.25) is 5.91 Å². The SMILES string of the molecule is O=C1C[C@@H](C(=O)NCc2cc(-c3ccc(OC(F)(F)F)cc3)ncn2)N(C(=O)OCc2ccccc2)C1. The number of Topliss-reactive ketones (excluding diaryl/α,β-unsaturated/α-hetero) is 1. The van der Waals surface area contributed by atoms with Gasteiger partial charge in [0.1, 0.15) is 24.7 Å². The number of likely N-dealkylation sites (tertiary alicyclic amines) is 1. The first-order valence-corrected chi connectivity index (χ1v) is 11.1. The van der Waals surface area contributed by atoms with Gasteiger partial charge >= 0.3 is 12.5 Å². The van der Waals surface area contributed by atoms with Crippen LogP contribution >= 0.6 is 0 Å². The second kappa shape index (κ2) is 11.1. The lowest BCUT2D eigenvalue weighted by Gasteiger charge is -2.22. The first-order chi connectivity index (χ1) is 17.7. The maximum absolute atomic E-state index is 12.8. The van der Waals surface area contributed by atoms with Crippen LogP contribution in [0.5, 0.6) is 5.75 Å². The minimum absolute atomic E-state index is 0.00568. The van der Waals surface area contributed by atoms with E-state index in [9.17, 15) is 27.6 Å². The van der Waals surface area contributed by atoms with E-state index in [0.717, 1.165) is 22.6 Å². The van der Waals surface area contributed by atoms with E-state index in [-0.39, 0.29) is 37.6 Å². The molecule has 9 nitrogen and oxygen atoms in total. The number of benzene rings is 2. The van der Waals surface area contributed by atoms with Crippen molar-refractivity contribution in [2.24, 2.45) is 0 Å². The molecule has 2 amide bonds. The highest BCUT2D eigenvalue weighted by Gasteiger charge is 2.39. The summed E-state index contributed by atoms with van der Waals surface area (Å²) < 4.78 is 46.2. The molecule has 2 heterocycles. The Balaban J connectivity index is 1.35. The molecule has 0 spiro atoms. The topological polar surface area (TPSA) is 111 Å². The average Bonchev–Trinajstić information content (AvgIpc) is 3.28. The Morgan fingerprint density at radius 1 is 1.05 bits per heavy atom. The van der Waals surface area contributed by atoms with Crippen LogP contribution in [0.1, 0.15) is 17.7 Å². The third kappa shape index (κ3) is 7.03. The number of aromatic nitrogens is 2. The van der Waals surface area contributed by atoms with Crippen molar-refractivity contribution in [1.82, 2.24) is 20.2 Å². The van der Waals surface area contributed by atoms with Crippen LogP contribution in [-0.2, 0) is 27.5 Å². The van der Waals surface area contributed by atoms with Gasteiger partial charge in [0.05, 0.1) is 24.5 Å². The van der Waals surface area contributed by atoms with Gasteiger partial charge in [-0.2, -0.15) is 0 Å². The smallest absolute Gasteiger partial charge is 0.445 e. The van der Waals surface area contributed by atoms with Gasteiger partial charge in [0.25, 0.3) is 0 Å². The summed E-state index contributed by atoms with van der Waals surface area (Å²) in [7, 11) is 0. The summed E-state index contributed by atoms with van der Waals surface area (Å²) in [6, 6.07) is 14.7. The highest BCUT2D eigenvalue weighted by molar-refractivity contribution is 5.97. The van der Waals surface area contributed by atoms with Gasteiger partial charge in [0.15, 0.2) is 5.78 Å². The molecule has 0 bridgehead atoms. The standard InChI is InChI=1S/C25H21F3N4O5/c26-25(27,28)37-20-8-6-17(7-9-20)21-10-18(30-15-31-21)12-29-23(34)22-11-19(33)13-32(22)24(35)36-14-16-4-2-1-3-5-16/h1-10,15,22H,11-14H2,(H,29,34)/t22-/m0/s1. The van der Waals surface area contributed by atoms with E-state index in [1.165, 1.54) is 18.5 Å². The molecular weight excluding hydrogens is 493 g/mol. The van der Waals surface area contributed by atoms with Gasteiger partial charge in [-0.1, -0.05) is 30.3 Å². The zero-order chi connectivity index (χ0) is 26.4. The summed E-state index contributed by atoms with van der Waals surface area (Å²) in [4.78, 5) is 46.6. The summed E-state index contributed by atoms with van der Waals surface area (Å²) in [6.45, 7) is -0.246. The molecule has 4 rings (SSSR count). The summed E-state index contributed by atoms with van der Waals surface area (Å²) in [5.41, 5.74) is 2.11. The van der Waals surface area contributed by atoms with Crippen LogP contribution in [0.4, 0.5) is 18.0 Å². The van der Waals surface area contributed by atoms with E-state index in [2.05, 4.69) is 20.0 Å². The molecule has 1 N–H and O–H groups in total. The van der Waals surface area contributed by atoms with E-state index >= 15 is 0 Å². The van der Waals surface area contributed by atoms with Crippen molar-refractivity contribution in [3.8, 4) is 17.0 Å². The van der Waals surface area contributed by atoms with Crippen LogP contribution in [0, 0.1) is 0 Å². The Labute approximate surface area is 209 Å². The van der Waals surface area contributed by atoms with Crippen molar-refractivity contribution >= 4 is 17.8 Å². The van der Waals surface area contributed by atoms with Crippen molar-refractivity contribution in [3.05, 3.63) is 78.2 Å². The van der Waals surface area contributed by atoms with E-state index in [1.54, 1.807) is 30.3 Å². The van der Waals surface area contributed by atoms with Crippen LogP contribution in [0.15, 0.2) is 67.0 Å². The maximum atomic E-state index is 12.8. The highest BCUT2D eigenvalue weighted by Crippen LogP contribution is 2.26. The maximum Gasteiger partial charge on any atom is 0.573 e. The summed E-state index contributed by atoms with van der Waals surface area (Å²) in [6.07, 6.45) is -4.44. The molecule has 37 heavy (non-hydrogen) atoms. The molecule has 1 aliphatic heterocycles. The Hall–Kier alpha value is -4.48. The number of carbonyl (C=O) groups is 3. The normalized spacial score (nSPS) is 15.4. The van der Waals surface area contributed by atoms with Crippen LogP contribution in [0.25, 0.3) is 11.3 Å². The zero-order valence-electron chi connectivity index (χ0n) is 19.3. The second-order valence-corrected chi connectivity index (χ2v) is 8.11. The zero-order valence-corrected chi connectivity index (χ0v) is 19.3. The number of hydrogen-bond donors (Lipinski definition) is 1. The Kier molecular flexibility index (Phi) is 7.66. The van der Waals surface area contributed by atoms with Gasteiger partial charge in [-0.05, 0) is 35.9 Å². The van der Waals surface area contributed by atoms with Gasteiger partial charge in [-0.25, -0.2) is 14.8 Å². The number of halogens is 3. The Morgan fingerprint density at radius 3 is 2.49 bits per heavy atom. The van der Waals surface area contributed by atoms with Crippen molar-refractivity contribution in [3.63, 3.8) is 0 Å².